The van der Waals surface area contributed by atoms with Crippen LogP contribution in [0.5, 0.6) is 0 Å². The number of aliphatic hydroxyl groups is 1. The minimum atomic E-state index is 0.0545. The zero-order valence-corrected chi connectivity index (χ0v) is 20.3. The Bertz CT molecular complexity index is 1160. The number of Topliss-reactive ketones (excluding diaryl/α,β-unsaturated/α-hetero) is 1. The molecule has 1 saturated heterocycles. The molecule has 1 aliphatic heterocycles. The maximum absolute atomic E-state index is 13.2. The molecular formula is C27H31ClN4O2. The summed E-state index contributed by atoms with van der Waals surface area (Å²) in [5, 5.41) is 14.3. The summed E-state index contributed by atoms with van der Waals surface area (Å²) >= 11 is 6.00. The molecule has 2 fully saturated rings. The predicted octanol–water partition coefficient (Wildman–Crippen LogP) is 5.13. The van der Waals surface area contributed by atoms with Gasteiger partial charge in [0.25, 0.3) is 0 Å². The number of hydrogen-bond acceptors (Lipinski definition) is 5. The molecule has 1 aromatic carbocycles. The number of aromatic nitrogens is 3. The molecule has 0 unspecified atom stereocenters. The molecule has 1 aliphatic carbocycles. The summed E-state index contributed by atoms with van der Waals surface area (Å²) in [6, 6.07) is 9.64. The average molecular weight is 479 g/mol. The zero-order chi connectivity index (χ0) is 23.7. The van der Waals surface area contributed by atoms with E-state index in [-0.39, 0.29) is 12.4 Å². The number of nitrogens with zero attached hydrogens (tertiary/aromatic N) is 4. The predicted molar refractivity (Wildman–Crippen MR) is 134 cm³/mol. The van der Waals surface area contributed by atoms with Gasteiger partial charge >= 0.3 is 0 Å². The molecule has 0 spiro atoms. The van der Waals surface area contributed by atoms with E-state index in [0.29, 0.717) is 28.8 Å². The Labute approximate surface area is 205 Å². The van der Waals surface area contributed by atoms with Crippen LogP contribution in [0, 0.1) is 12.8 Å². The van der Waals surface area contributed by atoms with Crippen molar-refractivity contribution in [2.75, 3.05) is 24.6 Å². The number of hydrogen-bond donors (Lipinski definition) is 1. The highest BCUT2D eigenvalue weighted by atomic mass is 35.5. The molecule has 1 saturated carbocycles. The molecule has 178 valence electrons. The number of halogens is 1. The Balaban J connectivity index is 1.32. The Kier molecular flexibility index (Phi) is 6.70. The van der Waals surface area contributed by atoms with Gasteiger partial charge in [-0.05, 0) is 92.3 Å². The van der Waals surface area contributed by atoms with Crippen molar-refractivity contribution in [2.45, 2.75) is 51.4 Å². The van der Waals surface area contributed by atoms with Gasteiger partial charge in [-0.25, -0.2) is 9.67 Å². The second kappa shape index (κ2) is 9.88. The van der Waals surface area contributed by atoms with Crippen LogP contribution in [0.1, 0.15) is 65.2 Å². The Morgan fingerprint density at radius 3 is 2.53 bits per heavy atom. The minimum Gasteiger partial charge on any atom is -0.396 e. The quantitative estimate of drug-likeness (QED) is 0.454. The standard InChI is InChI=1S/C27H31ClN4O2/c1-18-25(17-30-32(18)23-6-4-22(28)5-7-23)26(34)15-20-14-24(21-2-3-21)27(29-16-20)31-11-8-19(9-12-31)10-13-33/h4-7,14,16-17,19,21,33H,2-3,8-13,15H2,1H3. The summed E-state index contributed by atoms with van der Waals surface area (Å²) in [7, 11) is 0. The maximum Gasteiger partial charge on any atom is 0.170 e. The lowest BCUT2D eigenvalue weighted by atomic mass is 9.93. The third kappa shape index (κ3) is 4.89. The molecular weight excluding hydrogens is 448 g/mol. The summed E-state index contributed by atoms with van der Waals surface area (Å²) in [6.45, 7) is 4.17. The van der Waals surface area contributed by atoms with Gasteiger partial charge in [0.1, 0.15) is 5.82 Å². The van der Waals surface area contributed by atoms with E-state index in [2.05, 4.69) is 16.1 Å². The number of pyridine rings is 1. The highest BCUT2D eigenvalue weighted by molar-refractivity contribution is 6.30. The number of benzene rings is 1. The molecule has 0 radical (unpaired) electrons. The lowest BCUT2D eigenvalue weighted by Crippen LogP contribution is -2.35. The smallest absolute Gasteiger partial charge is 0.170 e. The van der Waals surface area contributed by atoms with E-state index in [0.717, 1.165) is 55.1 Å². The SMILES string of the molecule is Cc1c(C(=O)Cc2cnc(N3CCC(CCO)CC3)c(C3CC3)c2)cnn1-c1ccc(Cl)cc1. The Morgan fingerprint density at radius 2 is 1.85 bits per heavy atom. The minimum absolute atomic E-state index is 0.0545. The number of aliphatic hydroxyl groups excluding tert-OH is 1. The van der Waals surface area contributed by atoms with Gasteiger partial charge in [0.2, 0.25) is 0 Å². The van der Waals surface area contributed by atoms with Gasteiger partial charge in [0, 0.05) is 37.3 Å². The van der Waals surface area contributed by atoms with Crippen LogP contribution < -0.4 is 4.90 Å². The van der Waals surface area contributed by atoms with Gasteiger partial charge < -0.3 is 10.0 Å². The molecule has 0 amide bonds. The van der Waals surface area contributed by atoms with Gasteiger partial charge in [-0.15, -0.1) is 0 Å². The fourth-order valence-corrected chi connectivity index (χ4v) is 5.12. The van der Waals surface area contributed by atoms with Gasteiger partial charge in [-0.1, -0.05) is 11.6 Å². The number of anilines is 1. The summed E-state index contributed by atoms with van der Waals surface area (Å²) in [4.78, 5) is 20.4. The molecule has 0 atom stereocenters. The topological polar surface area (TPSA) is 71.2 Å². The number of piperidine rings is 1. The molecule has 3 aromatic rings. The number of carbonyl (C=O) groups is 1. The van der Waals surface area contributed by atoms with E-state index in [4.69, 9.17) is 16.6 Å². The van der Waals surface area contributed by atoms with Crippen molar-refractivity contribution in [3.8, 4) is 5.69 Å². The first-order chi connectivity index (χ1) is 16.5. The van der Waals surface area contributed by atoms with Gasteiger partial charge in [-0.2, -0.15) is 5.10 Å². The molecule has 3 heterocycles. The fraction of sp³-hybridized carbons (Fsp3) is 0.444. The van der Waals surface area contributed by atoms with E-state index >= 15 is 0 Å². The third-order valence-electron chi connectivity index (χ3n) is 7.17. The van der Waals surface area contributed by atoms with Crippen molar-refractivity contribution >= 4 is 23.2 Å². The van der Waals surface area contributed by atoms with E-state index in [9.17, 15) is 9.90 Å². The van der Waals surface area contributed by atoms with E-state index in [1.54, 1.807) is 10.9 Å². The highest BCUT2D eigenvalue weighted by Gasteiger charge is 2.30. The fourth-order valence-electron chi connectivity index (χ4n) is 5.00. The van der Waals surface area contributed by atoms with Crippen LogP contribution in [-0.2, 0) is 6.42 Å². The molecule has 0 bridgehead atoms. The van der Waals surface area contributed by atoms with Crippen LogP contribution in [0.4, 0.5) is 5.82 Å². The maximum atomic E-state index is 13.2. The third-order valence-corrected chi connectivity index (χ3v) is 7.42. The van der Waals surface area contributed by atoms with Crippen LogP contribution in [0.15, 0.2) is 42.7 Å². The molecule has 6 nitrogen and oxygen atoms in total. The van der Waals surface area contributed by atoms with Crippen LogP contribution >= 0.6 is 11.6 Å². The number of rotatable bonds is 8. The van der Waals surface area contributed by atoms with Crippen molar-refractivity contribution in [3.05, 3.63) is 70.1 Å². The first-order valence-electron chi connectivity index (χ1n) is 12.2. The van der Waals surface area contributed by atoms with Gasteiger partial charge in [0.15, 0.2) is 5.78 Å². The summed E-state index contributed by atoms with van der Waals surface area (Å²) < 4.78 is 1.78. The first-order valence-corrected chi connectivity index (χ1v) is 12.6. The summed E-state index contributed by atoms with van der Waals surface area (Å²) in [5.74, 6) is 2.31. The Morgan fingerprint density at radius 1 is 1.12 bits per heavy atom. The lowest BCUT2D eigenvalue weighted by molar-refractivity contribution is 0.0992. The van der Waals surface area contributed by atoms with E-state index < -0.39 is 0 Å². The summed E-state index contributed by atoms with van der Waals surface area (Å²) in [6.07, 6.45) is 9.34. The molecule has 2 aliphatic rings. The van der Waals surface area contributed by atoms with Crippen LogP contribution in [0.2, 0.25) is 5.02 Å². The molecule has 2 aromatic heterocycles. The monoisotopic (exact) mass is 478 g/mol. The van der Waals surface area contributed by atoms with Crippen LogP contribution in [-0.4, -0.2) is 45.4 Å². The second-order valence-corrected chi connectivity index (χ2v) is 10.0. The molecule has 7 heteroatoms. The first kappa shape index (κ1) is 23.1. The van der Waals surface area contributed by atoms with Gasteiger partial charge in [-0.3, -0.25) is 4.79 Å². The van der Waals surface area contributed by atoms with Crippen LogP contribution in [0.25, 0.3) is 5.69 Å². The van der Waals surface area contributed by atoms with Gasteiger partial charge in [0.05, 0.1) is 23.1 Å². The Hall–Kier alpha value is -2.70. The zero-order valence-electron chi connectivity index (χ0n) is 19.6. The van der Waals surface area contributed by atoms with Crippen molar-refractivity contribution in [3.63, 3.8) is 0 Å². The van der Waals surface area contributed by atoms with Crippen molar-refractivity contribution in [1.82, 2.24) is 14.8 Å². The summed E-state index contributed by atoms with van der Waals surface area (Å²) in [5.41, 5.74) is 4.60. The van der Waals surface area contributed by atoms with E-state index in [1.165, 1.54) is 18.4 Å². The molecule has 5 rings (SSSR count). The number of ketones is 1. The lowest BCUT2D eigenvalue weighted by Gasteiger charge is -2.34. The van der Waals surface area contributed by atoms with Crippen molar-refractivity contribution in [2.24, 2.45) is 5.92 Å². The second-order valence-electron chi connectivity index (χ2n) is 9.61. The normalized spacial score (nSPS) is 16.7. The number of carbonyl (C=O) groups excluding carboxylic acids is 1. The van der Waals surface area contributed by atoms with Crippen molar-refractivity contribution < 1.29 is 9.90 Å². The average Bonchev–Trinajstić information content (AvgIpc) is 3.62. The molecule has 34 heavy (non-hydrogen) atoms. The van der Waals surface area contributed by atoms with Crippen molar-refractivity contribution in [1.29, 1.82) is 0 Å². The van der Waals surface area contributed by atoms with Crippen LogP contribution in [0.3, 0.4) is 0 Å². The van der Waals surface area contributed by atoms with E-state index in [1.807, 2.05) is 37.4 Å². The largest absolute Gasteiger partial charge is 0.396 e. The highest BCUT2D eigenvalue weighted by Crippen LogP contribution is 2.44. The molecule has 1 N–H and O–H groups in total.